The van der Waals surface area contributed by atoms with Crippen LogP contribution in [-0.2, 0) is 25.7 Å². The molecular weight excluding hydrogens is 615 g/mol. The summed E-state index contributed by atoms with van der Waals surface area (Å²) in [6.07, 6.45) is -1.80. The zero-order valence-electron chi connectivity index (χ0n) is 24.7. The molecule has 44 heavy (non-hydrogen) atoms. The van der Waals surface area contributed by atoms with Gasteiger partial charge >= 0.3 is 12.1 Å². The standard InChI is InChI=1S/C32H33ClF3N3O4S/c1-21-7-5-8-24(17-21)44(41,42)39-20-23-19-37(31(2,3)30(40)43-4)15-16-38(23)28-14-12-22(18-29(28)39)11-13-25-26(32(34,35)36)9-6-10-27(25)33/h5-14,17-18,23H,15-16,19-20H2,1-4H3/b13-11+/t23-/m0/s1. The molecule has 3 aromatic carbocycles. The molecule has 0 spiro atoms. The summed E-state index contributed by atoms with van der Waals surface area (Å²) in [5.74, 6) is -0.380. The zero-order valence-corrected chi connectivity index (χ0v) is 26.3. The topological polar surface area (TPSA) is 70.2 Å². The van der Waals surface area contributed by atoms with Crippen molar-refractivity contribution in [1.29, 1.82) is 0 Å². The van der Waals surface area contributed by atoms with Crippen LogP contribution in [0.25, 0.3) is 12.2 Å². The highest BCUT2D eigenvalue weighted by atomic mass is 35.5. The van der Waals surface area contributed by atoms with E-state index in [-0.39, 0.29) is 34.0 Å². The Kier molecular flexibility index (Phi) is 8.52. The van der Waals surface area contributed by atoms with E-state index in [9.17, 15) is 26.4 Å². The number of carbonyl (C=O) groups is 1. The van der Waals surface area contributed by atoms with Gasteiger partial charge in [-0.25, -0.2) is 8.42 Å². The molecule has 0 saturated carbocycles. The molecule has 5 rings (SSSR count). The van der Waals surface area contributed by atoms with E-state index in [1.165, 1.54) is 35.7 Å². The van der Waals surface area contributed by atoms with Gasteiger partial charge in [-0.2, -0.15) is 13.2 Å². The van der Waals surface area contributed by atoms with E-state index in [1.807, 2.05) is 17.9 Å². The number of sulfonamides is 1. The summed E-state index contributed by atoms with van der Waals surface area (Å²) >= 11 is 6.15. The highest BCUT2D eigenvalue weighted by Gasteiger charge is 2.45. The number of rotatable bonds is 6. The van der Waals surface area contributed by atoms with Crippen LogP contribution in [0.5, 0.6) is 0 Å². The smallest absolute Gasteiger partial charge is 0.417 e. The zero-order chi connectivity index (χ0) is 32.0. The number of anilines is 2. The molecule has 12 heteroatoms. The molecule has 1 saturated heterocycles. The largest absolute Gasteiger partial charge is 0.468 e. The number of hydrogen-bond acceptors (Lipinski definition) is 6. The number of fused-ring (bicyclic) bond motifs is 3. The molecule has 2 heterocycles. The number of methoxy groups -OCH3 is 1. The average Bonchev–Trinajstić information content (AvgIpc) is 2.98. The van der Waals surface area contributed by atoms with Crippen molar-refractivity contribution in [2.24, 2.45) is 0 Å². The number of benzene rings is 3. The van der Waals surface area contributed by atoms with Gasteiger partial charge in [0.25, 0.3) is 10.0 Å². The molecular formula is C32H33ClF3N3O4S. The predicted molar refractivity (Wildman–Crippen MR) is 166 cm³/mol. The Hall–Kier alpha value is -3.54. The van der Waals surface area contributed by atoms with Gasteiger partial charge in [-0.05, 0) is 68.3 Å². The molecule has 0 amide bonds. The number of piperazine rings is 1. The molecule has 0 unspecified atom stereocenters. The fourth-order valence-corrected chi connectivity index (χ4v) is 7.71. The van der Waals surface area contributed by atoms with Crippen molar-refractivity contribution >= 4 is 51.1 Å². The van der Waals surface area contributed by atoms with Gasteiger partial charge in [-0.15, -0.1) is 0 Å². The summed E-state index contributed by atoms with van der Waals surface area (Å²) in [6.45, 7) is 6.97. The molecule has 0 radical (unpaired) electrons. The van der Waals surface area contributed by atoms with Crippen LogP contribution in [0.15, 0.2) is 65.6 Å². The highest BCUT2D eigenvalue weighted by molar-refractivity contribution is 7.92. The lowest BCUT2D eigenvalue weighted by Gasteiger charge is -2.51. The van der Waals surface area contributed by atoms with Crippen LogP contribution < -0.4 is 9.21 Å². The maximum absolute atomic E-state index is 14.2. The lowest BCUT2D eigenvalue weighted by atomic mass is 9.97. The Morgan fingerprint density at radius 1 is 0.977 bits per heavy atom. The SMILES string of the molecule is COC(=O)C(C)(C)N1CCN2c3ccc(/C=C/c4c(Cl)cccc4C(F)(F)F)cc3N(S(=O)(=O)c3cccc(C)c3)C[C@@H]2C1. The minimum Gasteiger partial charge on any atom is -0.468 e. The molecule has 2 aliphatic heterocycles. The van der Waals surface area contributed by atoms with Gasteiger partial charge in [0.05, 0.1) is 41.5 Å². The highest BCUT2D eigenvalue weighted by Crippen LogP contribution is 2.42. The van der Waals surface area contributed by atoms with Crippen LogP contribution in [0.3, 0.4) is 0 Å². The molecule has 7 nitrogen and oxygen atoms in total. The van der Waals surface area contributed by atoms with Gasteiger partial charge in [0.2, 0.25) is 0 Å². The summed E-state index contributed by atoms with van der Waals surface area (Å²) in [5, 5.41) is -0.0479. The molecule has 1 atom stereocenters. The first-order valence-corrected chi connectivity index (χ1v) is 15.8. The second-order valence-corrected chi connectivity index (χ2v) is 13.7. The minimum atomic E-state index is -4.60. The van der Waals surface area contributed by atoms with Gasteiger partial charge in [-0.1, -0.05) is 48.0 Å². The Bertz CT molecular complexity index is 1730. The number of halogens is 4. The summed E-state index contributed by atoms with van der Waals surface area (Å²) < 4.78 is 75.7. The second-order valence-electron chi connectivity index (χ2n) is 11.5. The van der Waals surface area contributed by atoms with E-state index in [0.29, 0.717) is 36.6 Å². The number of alkyl halides is 3. The Balaban J connectivity index is 1.58. The maximum Gasteiger partial charge on any atom is 0.417 e. The quantitative estimate of drug-likeness (QED) is 0.225. The van der Waals surface area contributed by atoms with Crippen LogP contribution in [0, 0.1) is 6.92 Å². The van der Waals surface area contributed by atoms with E-state index in [1.54, 1.807) is 50.2 Å². The lowest BCUT2D eigenvalue weighted by molar-refractivity contribution is -0.153. The Labute approximate surface area is 260 Å². The summed E-state index contributed by atoms with van der Waals surface area (Å²) in [6, 6.07) is 15.2. The Morgan fingerprint density at radius 3 is 2.39 bits per heavy atom. The molecule has 0 aromatic heterocycles. The summed E-state index contributed by atoms with van der Waals surface area (Å²) in [5.41, 5.74) is 0.436. The normalized spacial score (nSPS) is 17.9. The van der Waals surface area contributed by atoms with Crippen LogP contribution in [0.2, 0.25) is 5.02 Å². The van der Waals surface area contributed by atoms with Crippen molar-refractivity contribution in [2.75, 3.05) is 42.5 Å². The van der Waals surface area contributed by atoms with E-state index in [2.05, 4.69) is 4.90 Å². The number of carbonyl (C=O) groups excluding carboxylic acids is 1. The third-order valence-corrected chi connectivity index (χ3v) is 10.4. The number of ether oxygens (including phenoxy) is 1. The van der Waals surface area contributed by atoms with E-state index >= 15 is 0 Å². The summed E-state index contributed by atoms with van der Waals surface area (Å²) in [7, 11) is -2.69. The molecule has 2 aliphatic rings. The molecule has 234 valence electrons. The van der Waals surface area contributed by atoms with Crippen LogP contribution in [0.1, 0.15) is 36.1 Å². The minimum absolute atomic E-state index is 0.0479. The second kappa shape index (κ2) is 11.8. The van der Waals surface area contributed by atoms with Gasteiger partial charge in [0.1, 0.15) is 5.54 Å². The fourth-order valence-electron chi connectivity index (χ4n) is 5.86. The van der Waals surface area contributed by atoms with Gasteiger partial charge in [0, 0.05) is 30.2 Å². The van der Waals surface area contributed by atoms with Crippen molar-refractivity contribution in [2.45, 2.75) is 43.4 Å². The number of hydrogen-bond donors (Lipinski definition) is 0. The van der Waals surface area contributed by atoms with Crippen molar-refractivity contribution in [1.82, 2.24) is 4.90 Å². The van der Waals surface area contributed by atoms with Crippen LogP contribution >= 0.6 is 11.6 Å². The predicted octanol–water partition coefficient (Wildman–Crippen LogP) is 6.49. The summed E-state index contributed by atoms with van der Waals surface area (Å²) in [4.78, 5) is 16.8. The van der Waals surface area contributed by atoms with Crippen molar-refractivity contribution in [3.63, 3.8) is 0 Å². The molecule has 3 aromatic rings. The van der Waals surface area contributed by atoms with E-state index in [4.69, 9.17) is 16.3 Å². The van der Waals surface area contributed by atoms with Gasteiger partial charge in [0.15, 0.2) is 0 Å². The lowest BCUT2D eigenvalue weighted by Crippen LogP contribution is -2.65. The first kappa shape index (κ1) is 31.9. The number of esters is 1. The van der Waals surface area contributed by atoms with E-state index < -0.39 is 27.3 Å². The van der Waals surface area contributed by atoms with Crippen LogP contribution in [0.4, 0.5) is 24.5 Å². The molecule has 0 N–H and O–H groups in total. The molecule has 1 fully saturated rings. The first-order chi connectivity index (χ1) is 20.6. The number of aryl methyl sites for hydroxylation is 1. The third-order valence-electron chi connectivity index (χ3n) is 8.29. The van der Waals surface area contributed by atoms with Crippen molar-refractivity contribution < 1.29 is 31.1 Å². The first-order valence-electron chi connectivity index (χ1n) is 14.0. The van der Waals surface area contributed by atoms with Gasteiger partial charge < -0.3 is 9.64 Å². The fraction of sp³-hybridized carbons (Fsp3) is 0.344. The van der Waals surface area contributed by atoms with Crippen molar-refractivity contribution in [3.05, 3.63) is 87.9 Å². The average molecular weight is 648 g/mol. The Morgan fingerprint density at radius 2 is 1.70 bits per heavy atom. The maximum atomic E-state index is 14.2. The van der Waals surface area contributed by atoms with Crippen molar-refractivity contribution in [3.8, 4) is 0 Å². The van der Waals surface area contributed by atoms with E-state index in [0.717, 1.165) is 11.6 Å². The molecule has 0 aliphatic carbocycles. The van der Waals surface area contributed by atoms with Gasteiger partial charge in [-0.3, -0.25) is 14.0 Å². The monoisotopic (exact) mass is 647 g/mol. The molecule has 0 bridgehead atoms. The van der Waals surface area contributed by atoms with Crippen LogP contribution in [-0.4, -0.2) is 64.2 Å². The number of nitrogens with zero attached hydrogens (tertiary/aromatic N) is 3. The third kappa shape index (κ3) is 5.92.